The SMILES string of the molecule is Cc1c(N)noc1-c1ccc(Cl)cc1F. The summed E-state index contributed by atoms with van der Waals surface area (Å²) in [6, 6.07) is 4.33. The van der Waals surface area contributed by atoms with Gasteiger partial charge in [-0.3, -0.25) is 0 Å². The molecule has 1 aromatic carbocycles. The van der Waals surface area contributed by atoms with Gasteiger partial charge in [0.25, 0.3) is 0 Å². The topological polar surface area (TPSA) is 52.0 Å². The van der Waals surface area contributed by atoms with Gasteiger partial charge in [-0.15, -0.1) is 0 Å². The number of hydrogen-bond donors (Lipinski definition) is 1. The summed E-state index contributed by atoms with van der Waals surface area (Å²) in [4.78, 5) is 0. The number of nitrogen functional groups attached to an aromatic ring is 1. The van der Waals surface area contributed by atoms with Crippen molar-refractivity contribution in [3.63, 3.8) is 0 Å². The normalized spacial score (nSPS) is 10.6. The second-order valence-corrected chi connectivity index (χ2v) is 3.58. The second-order valence-electron chi connectivity index (χ2n) is 3.15. The summed E-state index contributed by atoms with van der Waals surface area (Å²) < 4.78 is 18.5. The van der Waals surface area contributed by atoms with Gasteiger partial charge in [0, 0.05) is 10.6 Å². The first-order chi connectivity index (χ1) is 7.09. The maximum Gasteiger partial charge on any atom is 0.174 e. The lowest BCUT2D eigenvalue weighted by Crippen LogP contribution is -1.88. The predicted octanol–water partition coefficient (Wildman–Crippen LogP) is 3.02. The lowest BCUT2D eigenvalue weighted by Gasteiger charge is -1.99. The zero-order chi connectivity index (χ0) is 11.0. The van der Waals surface area contributed by atoms with Crippen LogP contribution in [-0.4, -0.2) is 5.16 Å². The van der Waals surface area contributed by atoms with E-state index in [1.807, 2.05) is 0 Å². The summed E-state index contributed by atoms with van der Waals surface area (Å²) in [7, 11) is 0. The number of benzene rings is 1. The van der Waals surface area contributed by atoms with E-state index in [4.69, 9.17) is 21.9 Å². The third kappa shape index (κ3) is 1.68. The van der Waals surface area contributed by atoms with Gasteiger partial charge in [0.15, 0.2) is 11.6 Å². The van der Waals surface area contributed by atoms with Crippen LogP contribution in [0.3, 0.4) is 0 Å². The molecule has 0 aliphatic rings. The van der Waals surface area contributed by atoms with Crippen LogP contribution < -0.4 is 5.73 Å². The number of nitrogens with two attached hydrogens (primary N) is 1. The summed E-state index contributed by atoms with van der Waals surface area (Å²) >= 11 is 5.64. The standard InChI is InChI=1S/C10H8ClFN2O/c1-5-9(15-14-10(5)13)7-3-2-6(11)4-8(7)12/h2-4H,1H3,(H2,13,14). The van der Waals surface area contributed by atoms with Gasteiger partial charge >= 0.3 is 0 Å². The number of nitrogens with zero attached hydrogens (tertiary/aromatic N) is 1. The Kier molecular flexibility index (Phi) is 2.36. The Hall–Kier alpha value is -1.55. The van der Waals surface area contributed by atoms with Crippen molar-refractivity contribution in [1.82, 2.24) is 5.16 Å². The smallest absolute Gasteiger partial charge is 0.174 e. The molecule has 0 radical (unpaired) electrons. The molecule has 78 valence electrons. The van der Waals surface area contributed by atoms with Gasteiger partial charge < -0.3 is 10.3 Å². The Morgan fingerprint density at radius 3 is 2.73 bits per heavy atom. The molecule has 2 N–H and O–H groups in total. The first-order valence-corrected chi connectivity index (χ1v) is 4.64. The molecule has 2 rings (SSSR count). The fourth-order valence-electron chi connectivity index (χ4n) is 1.27. The van der Waals surface area contributed by atoms with Crippen LogP contribution in [0.5, 0.6) is 0 Å². The van der Waals surface area contributed by atoms with E-state index in [-0.39, 0.29) is 5.82 Å². The number of hydrogen-bond acceptors (Lipinski definition) is 3. The molecule has 1 heterocycles. The minimum Gasteiger partial charge on any atom is -0.381 e. The van der Waals surface area contributed by atoms with Gasteiger partial charge in [-0.1, -0.05) is 16.8 Å². The van der Waals surface area contributed by atoms with Crippen molar-refractivity contribution < 1.29 is 8.91 Å². The maximum absolute atomic E-state index is 13.5. The Morgan fingerprint density at radius 2 is 2.20 bits per heavy atom. The molecular formula is C10H8ClFN2O. The lowest BCUT2D eigenvalue weighted by atomic mass is 10.1. The molecule has 0 aliphatic heterocycles. The highest BCUT2D eigenvalue weighted by molar-refractivity contribution is 6.30. The minimum absolute atomic E-state index is 0.263. The zero-order valence-corrected chi connectivity index (χ0v) is 8.68. The molecule has 0 bridgehead atoms. The van der Waals surface area contributed by atoms with Gasteiger partial charge in [-0.05, 0) is 25.1 Å². The Bertz CT molecular complexity index is 510. The average Bonchev–Trinajstić information content (AvgIpc) is 2.49. The molecule has 2 aromatic rings. The van der Waals surface area contributed by atoms with E-state index in [0.29, 0.717) is 21.9 Å². The summed E-state index contributed by atoms with van der Waals surface area (Å²) in [6.45, 7) is 1.72. The maximum atomic E-state index is 13.5. The number of halogens is 2. The van der Waals surface area contributed by atoms with E-state index >= 15 is 0 Å². The first-order valence-electron chi connectivity index (χ1n) is 4.26. The molecule has 15 heavy (non-hydrogen) atoms. The largest absolute Gasteiger partial charge is 0.381 e. The molecule has 0 fully saturated rings. The summed E-state index contributed by atoms with van der Waals surface area (Å²) in [5.41, 5.74) is 6.43. The molecular weight excluding hydrogens is 219 g/mol. The second kappa shape index (κ2) is 3.55. The van der Waals surface area contributed by atoms with Crippen LogP contribution in [0.1, 0.15) is 5.56 Å². The van der Waals surface area contributed by atoms with Gasteiger partial charge in [0.1, 0.15) is 5.82 Å². The zero-order valence-electron chi connectivity index (χ0n) is 7.92. The van der Waals surface area contributed by atoms with Crippen LogP contribution in [0.15, 0.2) is 22.7 Å². The summed E-state index contributed by atoms with van der Waals surface area (Å²) in [5.74, 6) is 0.141. The molecule has 3 nitrogen and oxygen atoms in total. The van der Waals surface area contributed by atoms with Gasteiger partial charge in [0.05, 0.1) is 5.56 Å². The summed E-state index contributed by atoms with van der Waals surface area (Å²) in [6.07, 6.45) is 0. The quantitative estimate of drug-likeness (QED) is 0.813. The molecule has 0 saturated heterocycles. The summed E-state index contributed by atoms with van der Waals surface area (Å²) in [5, 5.41) is 3.89. The van der Waals surface area contributed by atoms with Crippen LogP contribution in [0, 0.1) is 12.7 Å². The highest BCUT2D eigenvalue weighted by Gasteiger charge is 2.15. The number of aromatic nitrogens is 1. The number of rotatable bonds is 1. The molecule has 0 atom stereocenters. The van der Waals surface area contributed by atoms with Crippen LogP contribution in [0.2, 0.25) is 5.02 Å². The molecule has 0 spiro atoms. The molecule has 5 heteroatoms. The molecule has 0 saturated carbocycles. The van der Waals surface area contributed by atoms with Gasteiger partial charge in [-0.25, -0.2) is 4.39 Å². The Morgan fingerprint density at radius 1 is 1.47 bits per heavy atom. The van der Waals surface area contributed by atoms with Crippen molar-refractivity contribution in [2.24, 2.45) is 0 Å². The van der Waals surface area contributed by atoms with Crippen molar-refractivity contribution in [3.8, 4) is 11.3 Å². The minimum atomic E-state index is -0.457. The van der Waals surface area contributed by atoms with Crippen LogP contribution in [0.25, 0.3) is 11.3 Å². The molecule has 0 amide bonds. The van der Waals surface area contributed by atoms with Gasteiger partial charge in [-0.2, -0.15) is 0 Å². The van der Waals surface area contributed by atoms with E-state index in [9.17, 15) is 4.39 Å². The van der Waals surface area contributed by atoms with Crippen molar-refractivity contribution in [2.75, 3.05) is 5.73 Å². The van der Waals surface area contributed by atoms with Crippen LogP contribution in [0.4, 0.5) is 10.2 Å². The van der Waals surface area contributed by atoms with Crippen molar-refractivity contribution >= 4 is 17.4 Å². The fraction of sp³-hybridized carbons (Fsp3) is 0.100. The number of anilines is 1. The predicted molar refractivity (Wildman–Crippen MR) is 56.1 cm³/mol. The first kappa shape index (κ1) is 9.98. The molecule has 1 aromatic heterocycles. The van der Waals surface area contributed by atoms with E-state index < -0.39 is 5.82 Å². The van der Waals surface area contributed by atoms with Crippen molar-refractivity contribution in [3.05, 3.63) is 34.6 Å². The van der Waals surface area contributed by atoms with E-state index in [1.54, 1.807) is 13.0 Å². The third-order valence-corrected chi connectivity index (χ3v) is 2.37. The monoisotopic (exact) mass is 226 g/mol. The third-order valence-electron chi connectivity index (χ3n) is 2.14. The highest BCUT2D eigenvalue weighted by Crippen LogP contribution is 2.30. The van der Waals surface area contributed by atoms with Crippen molar-refractivity contribution in [1.29, 1.82) is 0 Å². The van der Waals surface area contributed by atoms with Crippen LogP contribution in [-0.2, 0) is 0 Å². The lowest BCUT2D eigenvalue weighted by molar-refractivity contribution is 0.433. The van der Waals surface area contributed by atoms with E-state index in [1.165, 1.54) is 12.1 Å². The average molecular weight is 227 g/mol. The Balaban J connectivity index is 2.59. The van der Waals surface area contributed by atoms with E-state index in [2.05, 4.69) is 5.16 Å². The van der Waals surface area contributed by atoms with Gasteiger partial charge in [0.2, 0.25) is 0 Å². The highest BCUT2D eigenvalue weighted by atomic mass is 35.5. The van der Waals surface area contributed by atoms with Crippen molar-refractivity contribution in [2.45, 2.75) is 6.92 Å². The Labute approximate surface area is 90.6 Å². The molecule has 0 aliphatic carbocycles. The molecule has 0 unspecified atom stereocenters. The van der Waals surface area contributed by atoms with E-state index in [0.717, 1.165) is 0 Å². The fourth-order valence-corrected chi connectivity index (χ4v) is 1.43. The van der Waals surface area contributed by atoms with Crippen LogP contribution >= 0.6 is 11.6 Å².